The van der Waals surface area contributed by atoms with Gasteiger partial charge in [0.1, 0.15) is 0 Å². The molecule has 0 amide bonds. The van der Waals surface area contributed by atoms with Gasteiger partial charge in [-0.3, -0.25) is 0 Å². The first-order chi connectivity index (χ1) is 8.17. The maximum atomic E-state index is 5.90. The molecule has 0 aliphatic heterocycles. The Hall–Kier alpha value is -0.570. The Morgan fingerprint density at radius 3 is 2.47 bits per heavy atom. The fraction of sp³-hybridized carbons (Fsp3) is 0.571. The summed E-state index contributed by atoms with van der Waals surface area (Å²) < 4.78 is 5.25. The first-order valence-corrected chi connectivity index (χ1v) is 6.56. The van der Waals surface area contributed by atoms with Crippen molar-refractivity contribution in [1.82, 2.24) is 5.32 Å². The molecule has 0 saturated heterocycles. The van der Waals surface area contributed by atoms with Crippen LogP contribution in [0.25, 0.3) is 0 Å². The molecule has 2 nitrogen and oxygen atoms in total. The Bertz CT molecular complexity index is 313. The highest BCUT2D eigenvalue weighted by molar-refractivity contribution is 6.30. The van der Waals surface area contributed by atoms with Crippen molar-refractivity contribution in [3.63, 3.8) is 0 Å². The van der Waals surface area contributed by atoms with Gasteiger partial charge in [0, 0.05) is 24.7 Å². The van der Waals surface area contributed by atoms with Gasteiger partial charge in [0.15, 0.2) is 0 Å². The lowest BCUT2D eigenvalue weighted by Crippen LogP contribution is -2.29. The van der Waals surface area contributed by atoms with E-state index in [0.29, 0.717) is 6.04 Å². The average Bonchev–Trinajstić information content (AvgIpc) is 2.35. The normalized spacial score (nSPS) is 14.6. The molecule has 2 atom stereocenters. The standard InChI is InChI=1S/C14H22ClNO/c1-4-5-14(16-10-11(2)17-3)12-6-8-13(15)9-7-12/h6-9,11,14,16H,4-5,10H2,1-3H3. The Balaban J connectivity index is 2.61. The van der Waals surface area contributed by atoms with Crippen LogP contribution in [-0.4, -0.2) is 19.8 Å². The van der Waals surface area contributed by atoms with Gasteiger partial charge < -0.3 is 10.1 Å². The molecule has 2 unspecified atom stereocenters. The van der Waals surface area contributed by atoms with Crippen LogP contribution in [0.2, 0.25) is 5.02 Å². The maximum Gasteiger partial charge on any atom is 0.0667 e. The molecule has 1 aromatic carbocycles. The quantitative estimate of drug-likeness (QED) is 0.800. The number of ether oxygens (including phenoxy) is 1. The summed E-state index contributed by atoms with van der Waals surface area (Å²) in [5.74, 6) is 0. The highest BCUT2D eigenvalue weighted by Gasteiger charge is 2.11. The number of hydrogen-bond acceptors (Lipinski definition) is 2. The zero-order chi connectivity index (χ0) is 12.7. The fourth-order valence-electron chi connectivity index (χ4n) is 1.76. The topological polar surface area (TPSA) is 21.3 Å². The number of methoxy groups -OCH3 is 1. The molecule has 0 aliphatic carbocycles. The molecule has 1 aromatic rings. The van der Waals surface area contributed by atoms with Crippen LogP contribution >= 0.6 is 11.6 Å². The van der Waals surface area contributed by atoms with Crippen molar-refractivity contribution in [1.29, 1.82) is 0 Å². The first kappa shape index (κ1) is 14.5. The fourth-order valence-corrected chi connectivity index (χ4v) is 1.89. The van der Waals surface area contributed by atoms with Gasteiger partial charge in [0.05, 0.1) is 6.10 Å². The molecule has 0 bridgehead atoms. The van der Waals surface area contributed by atoms with Gasteiger partial charge in [-0.2, -0.15) is 0 Å². The Morgan fingerprint density at radius 2 is 1.94 bits per heavy atom. The first-order valence-electron chi connectivity index (χ1n) is 6.19. The molecule has 1 N–H and O–H groups in total. The van der Waals surface area contributed by atoms with Gasteiger partial charge >= 0.3 is 0 Å². The van der Waals surface area contributed by atoms with Crippen molar-refractivity contribution in [3.05, 3.63) is 34.9 Å². The molecular weight excluding hydrogens is 234 g/mol. The summed E-state index contributed by atoms with van der Waals surface area (Å²) in [7, 11) is 1.74. The van der Waals surface area contributed by atoms with Gasteiger partial charge in [0.25, 0.3) is 0 Å². The number of rotatable bonds is 7. The molecule has 17 heavy (non-hydrogen) atoms. The van der Waals surface area contributed by atoms with Crippen LogP contribution in [-0.2, 0) is 4.74 Å². The molecule has 96 valence electrons. The van der Waals surface area contributed by atoms with Crippen molar-refractivity contribution >= 4 is 11.6 Å². The Labute approximate surface area is 109 Å². The minimum atomic E-state index is 0.238. The molecule has 1 rings (SSSR count). The largest absolute Gasteiger partial charge is 0.380 e. The second-order valence-electron chi connectivity index (χ2n) is 4.35. The third kappa shape index (κ3) is 5.07. The van der Waals surface area contributed by atoms with E-state index in [1.165, 1.54) is 5.56 Å². The van der Waals surface area contributed by atoms with Crippen LogP contribution in [0.4, 0.5) is 0 Å². The van der Waals surface area contributed by atoms with Gasteiger partial charge in [-0.05, 0) is 31.0 Å². The summed E-state index contributed by atoms with van der Waals surface area (Å²) in [6.07, 6.45) is 2.52. The van der Waals surface area contributed by atoms with Gasteiger partial charge in [-0.25, -0.2) is 0 Å². The maximum absolute atomic E-state index is 5.90. The zero-order valence-corrected chi connectivity index (χ0v) is 11.6. The third-order valence-electron chi connectivity index (χ3n) is 2.90. The SMILES string of the molecule is CCCC(NCC(C)OC)c1ccc(Cl)cc1. The van der Waals surface area contributed by atoms with E-state index in [1.54, 1.807) is 7.11 Å². The Morgan fingerprint density at radius 1 is 1.29 bits per heavy atom. The average molecular weight is 256 g/mol. The van der Waals surface area contributed by atoms with Crippen LogP contribution in [0.5, 0.6) is 0 Å². The van der Waals surface area contributed by atoms with Crippen LogP contribution < -0.4 is 5.32 Å². The van der Waals surface area contributed by atoms with Crippen molar-refractivity contribution in [3.8, 4) is 0 Å². The zero-order valence-electron chi connectivity index (χ0n) is 10.9. The molecule has 0 saturated carbocycles. The van der Waals surface area contributed by atoms with Gasteiger partial charge in [-0.1, -0.05) is 37.1 Å². The van der Waals surface area contributed by atoms with Crippen molar-refractivity contribution in [2.75, 3.05) is 13.7 Å². The monoisotopic (exact) mass is 255 g/mol. The summed E-state index contributed by atoms with van der Waals surface area (Å²) in [6.45, 7) is 5.13. The number of hydrogen-bond donors (Lipinski definition) is 1. The van der Waals surface area contributed by atoms with Crippen LogP contribution in [0, 0.1) is 0 Å². The molecule has 3 heteroatoms. The second-order valence-corrected chi connectivity index (χ2v) is 4.78. The number of benzene rings is 1. The van der Waals surface area contributed by atoms with E-state index >= 15 is 0 Å². The minimum absolute atomic E-state index is 0.238. The second kappa shape index (κ2) is 7.70. The van der Waals surface area contributed by atoms with Crippen LogP contribution in [0.3, 0.4) is 0 Å². The van der Waals surface area contributed by atoms with E-state index in [2.05, 4.69) is 31.3 Å². The van der Waals surface area contributed by atoms with E-state index < -0.39 is 0 Å². The molecule has 0 heterocycles. The summed E-state index contributed by atoms with van der Waals surface area (Å²) in [6, 6.07) is 8.46. The molecular formula is C14H22ClNO. The van der Waals surface area contributed by atoms with E-state index in [1.807, 2.05) is 12.1 Å². The predicted octanol–water partition coefficient (Wildman–Crippen LogP) is 3.81. The lowest BCUT2D eigenvalue weighted by Gasteiger charge is -2.21. The molecule has 0 aromatic heterocycles. The molecule has 0 fully saturated rings. The van der Waals surface area contributed by atoms with E-state index in [9.17, 15) is 0 Å². The van der Waals surface area contributed by atoms with E-state index in [-0.39, 0.29) is 6.10 Å². The number of halogens is 1. The lowest BCUT2D eigenvalue weighted by atomic mass is 10.0. The van der Waals surface area contributed by atoms with Crippen LogP contribution in [0.15, 0.2) is 24.3 Å². The molecule has 0 radical (unpaired) electrons. The summed E-state index contributed by atoms with van der Waals surface area (Å²) >= 11 is 5.90. The highest BCUT2D eigenvalue weighted by Crippen LogP contribution is 2.20. The molecule has 0 aliphatic rings. The number of nitrogens with one attached hydrogen (secondary N) is 1. The lowest BCUT2D eigenvalue weighted by molar-refractivity contribution is 0.114. The minimum Gasteiger partial charge on any atom is -0.380 e. The predicted molar refractivity (Wildman–Crippen MR) is 73.6 cm³/mol. The van der Waals surface area contributed by atoms with E-state index in [4.69, 9.17) is 16.3 Å². The Kier molecular flexibility index (Phi) is 6.56. The summed E-state index contributed by atoms with van der Waals surface area (Å²) in [5, 5.41) is 4.33. The summed E-state index contributed by atoms with van der Waals surface area (Å²) in [4.78, 5) is 0. The molecule has 0 spiro atoms. The summed E-state index contributed by atoms with van der Waals surface area (Å²) in [5.41, 5.74) is 1.29. The van der Waals surface area contributed by atoms with Crippen LogP contribution in [0.1, 0.15) is 38.3 Å². The van der Waals surface area contributed by atoms with Crippen molar-refractivity contribution < 1.29 is 4.74 Å². The van der Waals surface area contributed by atoms with Crippen molar-refractivity contribution in [2.45, 2.75) is 38.8 Å². The highest BCUT2D eigenvalue weighted by atomic mass is 35.5. The van der Waals surface area contributed by atoms with E-state index in [0.717, 1.165) is 24.4 Å². The van der Waals surface area contributed by atoms with Crippen molar-refractivity contribution in [2.24, 2.45) is 0 Å². The smallest absolute Gasteiger partial charge is 0.0667 e. The van der Waals surface area contributed by atoms with Gasteiger partial charge in [0.2, 0.25) is 0 Å². The third-order valence-corrected chi connectivity index (χ3v) is 3.16. The van der Waals surface area contributed by atoms with Gasteiger partial charge in [-0.15, -0.1) is 0 Å².